The molecule has 0 saturated carbocycles. The summed E-state index contributed by atoms with van der Waals surface area (Å²) in [5.41, 5.74) is -0.674. The van der Waals surface area contributed by atoms with Crippen LogP contribution in [0.15, 0.2) is 24.5 Å². The van der Waals surface area contributed by atoms with Crippen molar-refractivity contribution in [1.82, 2.24) is 15.3 Å². The molecule has 0 aliphatic carbocycles. The van der Waals surface area contributed by atoms with E-state index in [1.54, 1.807) is 12.4 Å². The Morgan fingerprint density at radius 2 is 2.15 bits per heavy atom. The average molecular weight is 282 g/mol. The van der Waals surface area contributed by atoms with Crippen molar-refractivity contribution in [1.29, 1.82) is 0 Å². The first kappa shape index (κ1) is 14.1. The Morgan fingerprint density at radius 3 is 2.80 bits per heavy atom. The molecule has 106 valence electrons. The van der Waals surface area contributed by atoms with Crippen molar-refractivity contribution in [2.24, 2.45) is 0 Å². The fourth-order valence-electron chi connectivity index (χ4n) is 1.72. The summed E-state index contributed by atoms with van der Waals surface area (Å²) in [6.45, 7) is 0.589. The van der Waals surface area contributed by atoms with E-state index in [0.29, 0.717) is 19.0 Å². The van der Waals surface area contributed by atoms with Crippen LogP contribution in [0.25, 0.3) is 0 Å². The number of imidazole rings is 1. The minimum absolute atomic E-state index is 0.0533. The Morgan fingerprint density at radius 1 is 1.35 bits per heavy atom. The summed E-state index contributed by atoms with van der Waals surface area (Å²) in [7, 11) is 0. The number of hydrogen-bond donors (Lipinski definition) is 2. The molecule has 0 saturated heterocycles. The van der Waals surface area contributed by atoms with Gasteiger partial charge in [0.1, 0.15) is 11.6 Å². The zero-order chi connectivity index (χ0) is 14.5. The number of nitro benzene ring substituents is 1. The van der Waals surface area contributed by atoms with Crippen LogP contribution in [0.3, 0.4) is 0 Å². The number of halogens is 2. The van der Waals surface area contributed by atoms with E-state index in [4.69, 9.17) is 0 Å². The number of nitrogens with zero attached hydrogens (tertiary/aromatic N) is 2. The fourth-order valence-corrected chi connectivity index (χ4v) is 1.72. The first-order valence-corrected chi connectivity index (χ1v) is 5.89. The van der Waals surface area contributed by atoms with Gasteiger partial charge in [0, 0.05) is 49.6 Å². The number of aromatic nitrogens is 2. The van der Waals surface area contributed by atoms with E-state index in [1.807, 2.05) is 0 Å². The van der Waals surface area contributed by atoms with Gasteiger partial charge in [-0.15, -0.1) is 0 Å². The molecule has 6 nitrogen and oxygen atoms in total. The number of hydrogen-bond acceptors (Lipinski definition) is 4. The van der Waals surface area contributed by atoms with Crippen LogP contribution in [0.5, 0.6) is 0 Å². The second-order valence-corrected chi connectivity index (χ2v) is 4.11. The number of nitrogens with one attached hydrogen (secondary N) is 2. The average Bonchev–Trinajstić information content (AvgIpc) is 2.89. The second kappa shape index (κ2) is 6.20. The molecule has 20 heavy (non-hydrogen) atoms. The number of rotatable bonds is 6. The third-order valence-electron chi connectivity index (χ3n) is 2.72. The zero-order valence-corrected chi connectivity index (χ0v) is 10.4. The van der Waals surface area contributed by atoms with Crippen molar-refractivity contribution < 1.29 is 13.7 Å². The predicted octanol–water partition coefficient (Wildman–Crippen LogP) is 1.93. The molecule has 8 heteroatoms. The molecule has 0 unspecified atom stereocenters. The topological polar surface area (TPSA) is 83.8 Å². The zero-order valence-electron chi connectivity index (χ0n) is 10.4. The molecule has 2 N–H and O–H groups in total. The molecule has 0 radical (unpaired) electrons. The maximum Gasteiger partial charge on any atom is 0.305 e. The van der Waals surface area contributed by atoms with Crippen LogP contribution in [-0.2, 0) is 13.0 Å². The SMILES string of the molecule is O=[N+]([O-])c1cc(CNCCc2ncc[nH]2)c(F)cc1F. The number of H-pyrrole nitrogens is 1. The third kappa shape index (κ3) is 3.35. The highest BCUT2D eigenvalue weighted by atomic mass is 19.1. The largest absolute Gasteiger partial charge is 0.349 e. The summed E-state index contributed by atoms with van der Waals surface area (Å²) in [6.07, 6.45) is 3.93. The van der Waals surface area contributed by atoms with Gasteiger partial charge >= 0.3 is 5.69 Å². The van der Waals surface area contributed by atoms with E-state index in [0.717, 1.165) is 11.9 Å². The molecule has 0 bridgehead atoms. The maximum atomic E-state index is 13.5. The van der Waals surface area contributed by atoms with E-state index in [2.05, 4.69) is 15.3 Å². The van der Waals surface area contributed by atoms with Crippen molar-refractivity contribution >= 4 is 5.69 Å². The molecule has 0 aliphatic rings. The fraction of sp³-hybridized carbons (Fsp3) is 0.250. The van der Waals surface area contributed by atoms with Gasteiger partial charge in [-0.3, -0.25) is 10.1 Å². The molecule has 2 rings (SSSR count). The Balaban J connectivity index is 1.95. The smallest absolute Gasteiger partial charge is 0.305 e. The van der Waals surface area contributed by atoms with E-state index >= 15 is 0 Å². The van der Waals surface area contributed by atoms with Gasteiger partial charge in [-0.25, -0.2) is 9.37 Å². The van der Waals surface area contributed by atoms with E-state index in [-0.39, 0.29) is 12.1 Å². The minimum atomic E-state index is -1.17. The van der Waals surface area contributed by atoms with Crippen LogP contribution in [0, 0.1) is 21.7 Å². The van der Waals surface area contributed by atoms with Crippen molar-refractivity contribution in [3.05, 3.63) is 57.7 Å². The van der Waals surface area contributed by atoms with Crippen molar-refractivity contribution in [2.45, 2.75) is 13.0 Å². The van der Waals surface area contributed by atoms with Crippen molar-refractivity contribution in [3.8, 4) is 0 Å². The molecule has 0 aliphatic heterocycles. The van der Waals surface area contributed by atoms with E-state index < -0.39 is 22.2 Å². The normalized spacial score (nSPS) is 10.7. The maximum absolute atomic E-state index is 13.5. The highest BCUT2D eigenvalue weighted by molar-refractivity contribution is 5.37. The standard InChI is InChI=1S/C12H12F2N4O2/c13-9-6-10(14)11(18(19)20)5-8(9)7-15-2-1-12-16-3-4-17-12/h3-6,15H,1-2,7H2,(H,16,17). The lowest BCUT2D eigenvalue weighted by Crippen LogP contribution is -2.18. The first-order chi connectivity index (χ1) is 9.58. The van der Waals surface area contributed by atoms with Gasteiger partial charge in [-0.05, 0) is 0 Å². The molecule has 1 aromatic carbocycles. The Kier molecular flexibility index (Phi) is 4.36. The highest BCUT2D eigenvalue weighted by Gasteiger charge is 2.18. The Bertz CT molecular complexity index is 602. The third-order valence-corrected chi connectivity index (χ3v) is 2.72. The highest BCUT2D eigenvalue weighted by Crippen LogP contribution is 2.21. The monoisotopic (exact) mass is 282 g/mol. The van der Waals surface area contributed by atoms with Crippen LogP contribution in [0.1, 0.15) is 11.4 Å². The van der Waals surface area contributed by atoms with E-state index in [9.17, 15) is 18.9 Å². The van der Waals surface area contributed by atoms with Crippen LogP contribution >= 0.6 is 0 Å². The molecule has 0 spiro atoms. The molecule has 0 amide bonds. The molecule has 1 heterocycles. The van der Waals surface area contributed by atoms with Gasteiger partial charge in [0.05, 0.1) is 4.92 Å². The first-order valence-electron chi connectivity index (χ1n) is 5.89. The Labute approximate surface area is 113 Å². The lowest BCUT2D eigenvalue weighted by atomic mass is 10.1. The molecular formula is C12H12F2N4O2. The van der Waals surface area contributed by atoms with Gasteiger partial charge in [0.2, 0.25) is 5.82 Å². The van der Waals surface area contributed by atoms with Gasteiger partial charge in [-0.1, -0.05) is 0 Å². The lowest BCUT2D eigenvalue weighted by Gasteiger charge is -2.06. The van der Waals surface area contributed by atoms with Gasteiger partial charge in [-0.2, -0.15) is 4.39 Å². The van der Waals surface area contributed by atoms with Crippen molar-refractivity contribution in [2.75, 3.05) is 6.54 Å². The second-order valence-electron chi connectivity index (χ2n) is 4.11. The summed E-state index contributed by atoms with van der Waals surface area (Å²) >= 11 is 0. The molecular weight excluding hydrogens is 270 g/mol. The van der Waals surface area contributed by atoms with Gasteiger partial charge < -0.3 is 10.3 Å². The number of nitro groups is 1. The quantitative estimate of drug-likeness (QED) is 0.481. The van der Waals surface area contributed by atoms with Gasteiger partial charge in [0.25, 0.3) is 0 Å². The molecule has 1 aromatic heterocycles. The van der Waals surface area contributed by atoms with Crippen LogP contribution in [0.2, 0.25) is 0 Å². The predicted molar refractivity (Wildman–Crippen MR) is 67.0 cm³/mol. The van der Waals surface area contributed by atoms with Crippen molar-refractivity contribution in [3.63, 3.8) is 0 Å². The summed E-state index contributed by atoms with van der Waals surface area (Å²) in [5, 5.41) is 13.5. The van der Waals surface area contributed by atoms with E-state index in [1.165, 1.54) is 0 Å². The van der Waals surface area contributed by atoms with Crippen LogP contribution < -0.4 is 5.32 Å². The van der Waals surface area contributed by atoms with Crippen LogP contribution in [0.4, 0.5) is 14.5 Å². The minimum Gasteiger partial charge on any atom is -0.349 e. The summed E-state index contributed by atoms with van der Waals surface area (Å²) in [6, 6.07) is 1.44. The summed E-state index contributed by atoms with van der Waals surface area (Å²) in [4.78, 5) is 16.6. The van der Waals surface area contributed by atoms with Crippen LogP contribution in [-0.4, -0.2) is 21.4 Å². The Hall–Kier alpha value is -2.35. The summed E-state index contributed by atoms with van der Waals surface area (Å²) < 4.78 is 26.6. The van der Waals surface area contributed by atoms with Gasteiger partial charge in [0.15, 0.2) is 0 Å². The lowest BCUT2D eigenvalue weighted by molar-refractivity contribution is -0.387. The number of aromatic amines is 1. The number of benzene rings is 1. The molecule has 0 fully saturated rings. The summed E-state index contributed by atoms with van der Waals surface area (Å²) in [5.74, 6) is -1.20. The molecule has 2 aromatic rings. The molecule has 0 atom stereocenters.